The predicted octanol–water partition coefficient (Wildman–Crippen LogP) is 6.49. The number of hydrogen-bond donors (Lipinski definition) is 3. The predicted molar refractivity (Wildman–Crippen MR) is 136 cm³/mol. The molecule has 0 aliphatic rings. The van der Waals surface area contributed by atoms with Crippen molar-refractivity contribution < 1.29 is 31.0 Å². The van der Waals surface area contributed by atoms with Crippen molar-refractivity contribution in [3.8, 4) is 5.75 Å². The van der Waals surface area contributed by atoms with Crippen LogP contribution in [0.1, 0.15) is 11.1 Å². The molecule has 0 radical (unpaired) electrons. The molecule has 0 atom stereocenters. The number of rotatable bonds is 6. The van der Waals surface area contributed by atoms with E-state index in [-0.39, 0.29) is 27.1 Å². The molecule has 11 nitrogen and oxygen atoms in total. The fourth-order valence-electron chi connectivity index (χ4n) is 3.54. The molecule has 190 valence electrons. The Morgan fingerprint density at radius 2 is 1.19 bits per heavy atom. The maximum absolute atomic E-state index is 11.9. The summed E-state index contributed by atoms with van der Waals surface area (Å²) in [6, 6.07) is 16.0. The van der Waals surface area contributed by atoms with Crippen LogP contribution < -0.4 is 0 Å². The molecule has 0 heterocycles. The lowest BCUT2D eigenvalue weighted by molar-refractivity contribution is 0.478. The van der Waals surface area contributed by atoms with Crippen molar-refractivity contribution in [2.45, 2.75) is 23.6 Å². The number of benzene rings is 4. The first kappa shape index (κ1) is 26.0. The molecule has 4 aromatic rings. The SMILES string of the molecule is Cc1cc(S(=O)(=O)O)ccc1/N=N\c1ccc(/N=N\c2cc(S(=O)(=O)O)c3ccccc3c2O)c(C)c1. The largest absolute Gasteiger partial charge is 0.505 e. The molecule has 0 aromatic heterocycles. The zero-order chi connectivity index (χ0) is 27.0. The van der Waals surface area contributed by atoms with E-state index in [1.54, 1.807) is 44.2 Å². The zero-order valence-corrected chi connectivity index (χ0v) is 21.1. The number of aryl methyl sites for hydroxylation is 2. The lowest BCUT2D eigenvalue weighted by Crippen LogP contribution is -1.99. The number of fused-ring (bicyclic) bond motifs is 1. The van der Waals surface area contributed by atoms with E-state index in [0.717, 1.165) is 6.07 Å². The van der Waals surface area contributed by atoms with Crippen LogP contribution in [0.4, 0.5) is 22.7 Å². The van der Waals surface area contributed by atoms with Gasteiger partial charge in [0, 0.05) is 10.8 Å². The quantitative estimate of drug-likeness (QED) is 0.185. The van der Waals surface area contributed by atoms with E-state index < -0.39 is 25.1 Å². The molecule has 4 rings (SSSR count). The van der Waals surface area contributed by atoms with Crippen LogP contribution in [-0.2, 0) is 20.2 Å². The summed E-state index contributed by atoms with van der Waals surface area (Å²) in [5, 5.41) is 27.3. The van der Waals surface area contributed by atoms with Gasteiger partial charge >= 0.3 is 0 Å². The van der Waals surface area contributed by atoms with Gasteiger partial charge in [-0.05, 0) is 67.4 Å². The maximum atomic E-state index is 11.9. The molecule has 0 unspecified atom stereocenters. The minimum absolute atomic E-state index is 0.140. The minimum Gasteiger partial charge on any atom is -0.505 e. The Balaban J connectivity index is 1.63. The van der Waals surface area contributed by atoms with Crippen molar-refractivity contribution in [3.05, 3.63) is 77.9 Å². The first-order valence-electron chi connectivity index (χ1n) is 10.6. The molecule has 0 saturated heterocycles. The smallest absolute Gasteiger partial charge is 0.295 e. The van der Waals surface area contributed by atoms with Gasteiger partial charge in [-0.15, -0.1) is 5.11 Å². The van der Waals surface area contributed by atoms with Gasteiger partial charge < -0.3 is 5.11 Å². The van der Waals surface area contributed by atoms with Gasteiger partial charge in [0.05, 0.1) is 22.0 Å². The van der Waals surface area contributed by atoms with Gasteiger partial charge in [0.1, 0.15) is 10.6 Å². The van der Waals surface area contributed by atoms with E-state index in [4.69, 9.17) is 4.55 Å². The van der Waals surface area contributed by atoms with Crippen molar-refractivity contribution in [2.24, 2.45) is 20.5 Å². The number of aromatic hydroxyl groups is 1. The number of phenolic OH excluding ortho intramolecular Hbond substituents is 1. The average molecular weight is 541 g/mol. The number of phenols is 1. The summed E-state index contributed by atoms with van der Waals surface area (Å²) in [7, 11) is -8.90. The van der Waals surface area contributed by atoms with Crippen LogP contribution in [0.5, 0.6) is 5.75 Å². The van der Waals surface area contributed by atoms with Crippen LogP contribution in [-0.4, -0.2) is 31.0 Å². The Morgan fingerprint density at radius 3 is 1.78 bits per heavy atom. The third-order valence-electron chi connectivity index (χ3n) is 5.42. The highest BCUT2D eigenvalue weighted by molar-refractivity contribution is 7.86. The number of nitrogens with zero attached hydrogens (tertiary/aromatic N) is 4. The lowest BCUT2D eigenvalue weighted by atomic mass is 10.1. The molecular weight excluding hydrogens is 520 g/mol. The van der Waals surface area contributed by atoms with Gasteiger partial charge in [-0.3, -0.25) is 9.11 Å². The van der Waals surface area contributed by atoms with Crippen LogP contribution in [0.2, 0.25) is 0 Å². The first-order valence-corrected chi connectivity index (χ1v) is 13.5. The van der Waals surface area contributed by atoms with Crippen molar-refractivity contribution in [1.82, 2.24) is 0 Å². The Hall–Kier alpha value is -4.04. The summed E-state index contributed by atoms with van der Waals surface area (Å²) in [5.41, 5.74) is 2.30. The Labute approximate surface area is 212 Å². The van der Waals surface area contributed by atoms with E-state index in [0.29, 0.717) is 28.2 Å². The van der Waals surface area contributed by atoms with Crippen molar-refractivity contribution in [3.63, 3.8) is 0 Å². The highest BCUT2D eigenvalue weighted by Crippen LogP contribution is 2.40. The molecule has 4 aromatic carbocycles. The summed E-state index contributed by atoms with van der Waals surface area (Å²) >= 11 is 0. The van der Waals surface area contributed by atoms with Crippen molar-refractivity contribution in [2.75, 3.05) is 0 Å². The summed E-state index contributed by atoms with van der Waals surface area (Å²) in [5.74, 6) is -0.287. The van der Waals surface area contributed by atoms with E-state index in [1.807, 2.05) is 0 Å². The highest BCUT2D eigenvalue weighted by atomic mass is 32.2. The Bertz CT molecular complexity index is 1820. The number of hydrogen-bond acceptors (Lipinski definition) is 9. The van der Waals surface area contributed by atoms with Gasteiger partial charge in [0.2, 0.25) is 0 Å². The minimum atomic E-state index is -4.59. The number of azo groups is 2. The summed E-state index contributed by atoms with van der Waals surface area (Å²) < 4.78 is 65.0. The van der Waals surface area contributed by atoms with E-state index in [2.05, 4.69) is 20.5 Å². The van der Waals surface area contributed by atoms with Gasteiger partial charge in [0.25, 0.3) is 20.2 Å². The van der Waals surface area contributed by atoms with Crippen LogP contribution in [0, 0.1) is 13.8 Å². The summed E-state index contributed by atoms with van der Waals surface area (Å²) in [4.78, 5) is -0.641. The summed E-state index contributed by atoms with van der Waals surface area (Å²) in [6.07, 6.45) is 0. The normalized spacial score (nSPS) is 12.6. The molecule has 0 aliphatic heterocycles. The topological polar surface area (TPSA) is 178 Å². The fourth-order valence-corrected chi connectivity index (χ4v) is 4.82. The third-order valence-corrected chi connectivity index (χ3v) is 7.16. The van der Waals surface area contributed by atoms with Gasteiger partial charge in [0.15, 0.2) is 5.75 Å². The fraction of sp³-hybridized carbons (Fsp3) is 0.0833. The van der Waals surface area contributed by atoms with E-state index in [9.17, 15) is 26.5 Å². The molecule has 13 heteroatoms. The molecule has 0 bridgehead atoms. The van der Waals surface area contributed by atoms with Crippen LogP contribution in [0.25, 0.3) is 10.8 Å². The van der Waals surface area contributed by atoms with Crippen LogP contribution in [0.15, 0.2) is 97.0 Å². The van der Waals surface area contributed by atoms with E-state index >= 15 is 0 Å². The molecule has 0 aliphatic carbocycles. The maximum Gasteiger partial charge on any atom is 0.295 e. The molecule has 37 heavy (non-hydrogen) atoms. The first-order chi connectivity index (χ1) is 17.3. The second kappa shape index (κ2) is 9.78. The second-order valence-corrected chi connectivity index (χ2v) is 10.9. The van der Waals surface area contributed by atoms with Crippen molar-refractivity contribution in [1.29, 1.82) is 0 Å². The molecule has 0 saturated carbocycles. The highest BCUT2D eigenvalue weighted by Gasteiger charge is 2.19. The van der Waals surface area contributed by atoms with Gasteiger partial charge in [-0.2, -0.15) is 32.2 Å². The monoisotopic (exact) mass is 540 g/mol. The molecular formula is C24H20N4O7S2. The van der Waals surface area contributed by atoms with E-state index in [1.165, 1.54) is 30.3 Å². The molecule has 0 fully saturated rings. The van der Waals surface area contributed by atoms with Gasteiger partial charge in [-0.1, -0.05) is 24.3 Å². The third kappa shape index (κ3) is 5.70. The van der Waals surface area contributed by atoms with Crippen LogP contribution >= 0.6 is 0 Å². The summed E-state index contributed by atoms with van der Waals surface area (Å²) in [6.45, 7) is 3.37. The second-order valence-electron chi connectivity index (χ2n) is 8.06. The lowest BCUT2D eigenvalue weighted by Gasteiger charge is -2.08. The molecule has 0 amide bonds. The van der Waals surface area contributed by atoms with Crippen LogP contribution in [0.3, 0.4) is 0 Å². The Kier molecular flexibility index (Phi) is 6.88. The standard InChI is InChI=1S/C24H20N4O7S2/c1-14-11-16(25-26-21-10-8-17(12-15(21)2)36(30,31)32)7-9-20(14)27-28-22-13-23(37(33,34)35)18-5-3-4-6-19(18)24(22)29/h3-13,29H,1-2H3,(H,30,31,32)(H,33,34,35)/b26-25-,28-27-. The molecule has 0 spiro atoms. The van der Waals surface area contributed by atoms with Crippen molar-refractivity contribution >= 4 is 53.8 Å². The molecule has 3 N–H and O–H groups in total. The van der Waals surface area contributed by atoms with Gasteiger partial charge in [-0.25, -0.2) is 0 Å². The Morgan fingerprint density at radius 1 is 0.622 bits per heavy atom. The average Bonchev–Trinajstić information content (AvgIpc) is 2.82. The zero-order valence-electron chi connectivity index (χ0n) is 19.4.